The van der Waals surface area contributed by atoms with Crippen LogP contribution >= 0.6 is 0 Å². The number of aromatic nitrogens is 6. The average Bonchev–Trinajstić information content (AvgIpc) is 3.74. The maximum absolute atomic E-state index is 9.56. The van der Waals surface area contributed by atoms with Gasteiger partial charge in [0.05, 0.1) is 28.2 Å². The highest BCUT2D eigenvalue weighted by Gasteiger charge is 2.21. The molecule has 4 heterocycles. The molecule has 0 N–H and O–H groups in total. The molecule has 6 aromatic carbocycles. The first-order chi connectivity index (χ1) is 25.7. The molecule has 7 nitrogen and oxygen atoms in total. The molecule has 0 spiro atoms. The molecule has 0 aliphatic carbocycles. The van der Waals surface area contributed by atoms with Crippen molar-refractivity contribution in [2.45, 2.75) is 0 Å². The number of hydrogen-bond donors (Lipinski definition) is 0. The molecule has 0 amide bonds. The quantitative estimate of drug-likeness (QED) is 0.183. The largest absolute Gasteiger partial charge is 0.309 e. The number of rotatable bonds is 5. The fourth-order valence-corrected chi connectivity index (χ4v) is 7.33. The Morgan fingerprint density at radius 2 is 1.10 bits per heavy atom. The second kappa shape index (κ2) is 11.9. The summed E-state index contributed by atoms with van der Waals surface area (Å²) in [7, 11) is 0. The minimum Gasteiger partial charge on any atom is -0.309 e. The fourth-order valence-electron chi connectivity index (χ4n) is 7.33. The summed E-state index contributed by atoms with van der Waals surface area (Å²) in [5.74, 6) is 1.62. The highest BCUT2D eigenvalue weighted by atomic mass is 15.1. The summed E-state index contributed by atoms with van der Waals surface area (Å²) in [5.41, 5.74) is 9.41. The van der Waals surface area contributed by atoms with Gasteiger partial charge in [0.15, 0.2) is 17.5 Å². The van der Waals surface area contributed by atoms with Crippen LogP contribution in [0, 0.1) is 11.3 Å². The molecule has 7 heteroatoms. The highest BCUT2D eigenvalue weighted by Crippen LogP contribution is 2.41. The molecular formula is C45H27N7. The molecule has 0 fully saturated rings. The summed E-state index contributed by atoms with van der Waals surface area (Å²) >= 11 is 0. The van der Waals surface area contributed by atoms with Crippen LogP contribution in [0.3, 0.4) is 0 Å². The molecule has 0 aliphatic rings. The van der Waals surface area contributed by atoms with E-state index in [-0.39, 0.29) is 0 Å². The van der Waals surface area contributed by atoms with Crippen LogP contribution in [-0.4, -0.2) is 29.1 Å². The Bertz CT molecular complexity index is 3010. The van der Waals surface area contributed by atoms with Crippen LogP contribution in [0.15, 0.2) is 164 Å². The summed E-state index contributed by atoms with van der Waals surface area (Å²) < 4.78 is 4.62. The van der Waals surface area contributed by atoms with Crippen molar-refractivity contribution in [3.63, 3.8) is 0 Å². The molecule has 0 saturated carbocycles. The normalized spacial score (nSPS) is 11.4. The van der Waals surface area contributed by atoms with Gasteiger partial charge in [0.2, 0.25) is 0 Å². The number of pyridine rings is 1. The van der Waals surface area contributed by atoms with E-state index in [1.165, 1.54) is 10.8 Å². The van der Waals surface area contributed by atoms with Crippen molar-refractivity contribution in [1.29, 1.82) is 5.26 Å². The van der Waals surface area contributed by atoms with Crippen molar-refractivity contribution in [1.82, 2.24) is 29.1 Å². The summed E-state index contributed by atoms with van der Waals surface area (Å²) in [6.45, 7) is 0. The van der Waals surface area contributed by atoms with E-state index in [1.807, 2.05) is 60.8 Å². The van der Waals surface area contributed by atoms with Gasteiger partial charge in [0, 0.05) is 55.8 Å². The van der Waals surface area contributed by atoms with Crippen molar-refractivity contribution in [3.8, 4) is 51.6 Å². The fraction of sp³-hybridized carbons (Fsp3) is 0. The average molecular weight is 666 g/mol. The second-order valence-corrected chi connectivity index (χ2v) is 12.7. The Labute approximate surface area is 298 Å². The lowest BCUT2D eigenvalue weighted by molar-refractivity contribution is 1.07. The summed E-state index contributed by atoms with van der Waals surface area (Å²) in [4.78, 5) is 19.6. The van der Waals surface area contributed by atoms with Crippen molar-refractivity contribution in [3.05, 3.63) is 169 Å². The van der Waals surface area contributed by atoms with E-state index in [9.17, 15) is 5.26 Å². The lowest BCUT2D eigenvalue weighted by Gasteiger charge is -2.11. The summed E-state index contributed by atoms with van der Waals surface area (Å²) in [6, 6.07) is 55.6. The molecule has 0 atom stereocenters. The molecular weight excluding hydrogens is 639 g/mol. The number of para-hydroxylation sites is 2. The Balaban J connectivity index is 1.19. The molecule has 0 unspecified atom stereocenters. The van der Waals surface area contributed by atoms with E-state index in [1.54, 1.807) is 6.07 Å². The van der Waals surface area contributed by atoms with Crippen LogP contribution < -0.4 is 0 Å². The first-order valence-electron chi connectivity index (χ1n) is 17.0. The molecule has 52 heavy (non-hydrogen) atoms. The third-order valence-electron chi connectivity index (χ3n) is 9.64. The zero-order valence-corrected chi connectivity index (χ0v) is 27.7. The number of nitrogens with zero attached hydrogens (tertiary/aromatic N) is 7. The van der Waals surface area contributed by atoms with Gasteiger partial charge in [-0.25, -0.2) is 19.9 Å². The molecule has 242 valence electrons. The van der Waals surface area contributed by atoms with Gasteiger partial charge in [-0.2, -0.15) is 5.26 Å². The third kappa shape index (κ3) is 4.67. The lowest BCUT2D eigenvalue weighted by atomic mass is 10.1. The first kappa shape index (κ1) is 29.5. The Kier molecular flexibility index (Phi) is 6.73. The predicted molar refractivity (Wildman–Crippen MR) is 207 cm³/mol. The topological polar surface area (TPSA) is 85.2 Å². The number of nitriles is 1. The van der Waals surface area contributed by atoms with Gasteiger partial charge in [-0.1, -0.05) is 84.9 Å². The van der Waals surface area contributed by atoms with E-state index in [0.717, 1.165) is 61.0 Å². The van der Waals surface area contributed by atoms with Crippen LogP contribution in [0.1, 0.15) is 5.56 Å². The molecule has 10 aromatic rings. The summed E-state index contributed by atoms with van der Waals surface area (Å²) in [6.07, 6.45) is 1.86. The lowest BCUT2D eigenvalue weighted by Crippen LogP contribution is -2.01. The predicted octanol–water partition coefficient (Wildman–Crippen LogP) is 10.3. The van der Waals surface area contributed by atoms with Gasteiger partial charge in [-0.05, 0) is 72.8 Å². The minimum absolute atomic E-state index is 0.508. The first-order valence-corrected chi connectivity index (χ1v) is 17.0. The Morgan fingerprint density at radius 1 is 0.462 bits per heavy atom. The third-order valence-corrected chi connectivity index (χ3v) is 9.64. The summed E-state index contributed by atoms with van der Waals surface area (Å²) in [5, 5.41) is 14.2. The van der Waals surface area contributed by atoms with Crippen molar-refractivity contribution < 1.29 is 0 Å². The van der Waals surface area contributed by atoms with E-state index in [4.69, 9.17) is 19.9 Å². The molecule has 0 saturated heterocycles. The smallest absolute Gasteiger partial charge is 0.164 e. The monoisotopic (exact) mass is 665 g/mol. The SMILES string of the molecule is N#Cc1cccc(-c2nc(-c3ccccc3)nc(-c3ccc(-n4c5ncccc5c5ccc6c(c7ccccc7n6-c6ccccc6)c54)cc3)n2)c1. The second-order valence-electron chi connectivity index (χ2n) is 12.7. The van der Waals surface area contributed by atoms with Gasteiger partial charge < -0.3 is 4.57 Å². The van der Waals surface area contributed by atoms with Crippen molar-refractivity contribution >= 4 is 43.7 Å². The van der Waals surface area contributed by atoms with Crippen LogP contribution in [0.4, 0.5) is 0 Å². The van der Waals surface area contributed by atoms with Crippen LogP contribution in [0.25, 0.3) is 89.3 Å². The maximum atomic E-state index is 9.56. The van der Waals surface area contributed by atoms with E-state index in [0.29, 0.717) is 23.0 Å². The standard InChI is InChI=1S/C45H27N7/c46-28-29-11-9-14-32(27-29)44-49-42(30-12-3-1-4-13-30)48-43(50-44)31-20-22-34(23-21-31)52-41-35(36-18-10-26-47-45(36)52)24-25-39-40(41)37-17-7-8-19-38(37)51(39)33-15-5-2-6-16-33/h1-27H. The molecule has 0 bridgehead atoms. The number of hydrogen-bond acceptors (Lipinski definition) is 5. The Hall–Kier alpha value is -7.43. The van der Waals surface area contributed by atoms with Crippen LogP contribution in [0.2, 0.25) is 0 Å². The number of benzene rings is 6. The zero-order chi connectivity index (χ0) is 34.6. The molecule has 4 aromatic heterocycles. The number of fused-ring (bicyclic) bond motifs is 7. The van der Waals surface area contributed by atoms with Crippen LogP contribution in [0.5, 0.6) is 0 Å². The zero-order valence-electron chi connectivity index (χ0n) is 27.7. The van der Waals surface area contributed by atoms with Gasteiger partial charge in [0.25, 0.3) is 0 Å². The Morgan fingerprint density at radius 3 is 1.87 bits per heavy atom. The van der Waals surface area contributed by atoms with Gasteiger partial charge in [-0.15, -0.1) is 0 Å². The maximum Gasteiger partial charge on any atom is 0.164 e. The van der Waals surface area contributed by atoms with E-state index < -0.39 is 0 Å². The van der Waals surface area contributed by atoms with Gasteiger partial charge >= 0.3 is 0 Å². The van der Waals surface area contributed by atoms with Gasteiger partial charge in [-0.3, -0.25) is 4.57 Å². The van der Waals surface area contributed by atoms with Crippen molar-refractivity contribution in [2.75, 3.05) is 0 Å². The highest BCUT2D eigenvalue weighted by molar-refractivity contribution is 6.25. The molecule has 10 rings (SSSR count). The molecule has 0 radical (unpaired) electrons. The molecule has 0 aliphatic heterocycles. The van der Waals surface area contributed by atoms with Crippen molar-refractivity contribution in [2.24, 2.45) is 0 Å². The van der Waals surface area contributed by atoms with E-state index in [2.05, 4.69) is 112 Å². The van der Waals surface area contributed by atoms with Gasteiger partial charge in [0.1, 0.15) is 5.65 Å². The van der Waals surface area contributed by atoms with E-state index >= 15 is 0 Å². The minimum atomic E-state index is 0.508. The van der Waals surface area contributed by atoms with Crippen LogP contribution in [-0.2, 0) is 0 Å².